The summed E-state index contributed by atoms with van der Waals surface area (Å²) in [5.74, 6) is 0. The molecular weight excluding hydrogens is 1210 g/mol. The number of aromatic nitrogens is 2. The number of fused-ring (bicyclic) bond motifs is 26. The summed E-state index contributed by atoms with van der Waals surface area (Å²) in [5, 5.41) is 7.06. The van der Waals surface area contributed by atoms with Crippen LogP contribution in [-0.4, -0.2) is 15.8 Å². The standard InChI is InChI=1S/C94H63BN4O/c1-94(2,3)66-54-87-91-88(55-66)99-86-57-68(97-83-40-16-12-32-75(83)76-33-13-17-41-84(76)97)45-47-80(86)95(91)79-46-44-67(96-81-38-14-10-30-73(81)74-31-11-15-39-82(74)96)56-85(79)98(87)92-69(58-22-6-4-7-23-58)34-20-36-71(92)64-28-18-26-60(50-64)62-42-48-89-77(52-62)78-53-63(43-49-90(78)100-89)61-27-19-29-65(51-61)72-37-21-35-70(93(72)99)59-24-8-5-9-25-59/h4-57H,1-3H3. The number of hydrogen-bond acceptors (Lipinski definition) is 3. The van der Waals surface area contributed by atoms with Gasteiger partial charge >= 0.3 is 0 Å². The molecule has 6 heteroatoms. The molecule has 13 bridgehead atoms. The van der Waals surface area contributed by atoms with Crippen molar-refractivity contribution >= 4 is 123 Å². The van der Waals surface area contributed by atoms with Gasteiger partial charge in [-0.2, -0.15) is 0 Å². The van der Waals surface area contributed by atoms with Crippen LogP contribution in [0, 0.1) is 0 Å². The minimum atomic E-state index is -0.330. The Morgan fingerprint density at radius 3 is 1.03 bits per heavy atom. The average Bonchev–Trinajstić information content (AvgIpc) is 0.965. The summed E-state index contributed by atoms with van der Waals surface area (Å²) in [6.45, 7) is 6.93. The summed E-state index contributed by atoms with van der Waals surface area (Å²) < 4.78 is 11.7. The number of benzene rings is 15. The summed E-state index contributed by atoms with van der Waals surface area (Å²) in [5.41, 5.74) is 33.4. The second kappa shape index (κ2) is 21.4. The molecule has 5 nitrogen and oxygen atoms in total. The third kappa shape index (κ3) is 8.37. The molecule has 15 aromatic carbocycles. The summed E-state index contributed by atoms with van der Waals surface area (Å²) >= 11 is 0. The van der Waals surface area contributed by atoms with Gasteiger partial charge in [-0.3, -0.25) is 0 Å². The van der Waals surface area contributed by atoms with E-state index in [0.717, 1.165) is 156 Å². The van der Waals surface area contributed by atoms with E-state index in [2.05, 4.69) is 367 Å². The fourth-order valence-corrected chi connectivity index (χ4v) is 17.2. The molecule has 0 radical (unpaired) electrons. The number of furan rings is 1. The van der Waals surface area contributed by atoms with E-state index in [-0.39, 0.29) is 12.1 Å². The molecule has 3 aromatic heterocycles. The lowest BCUT2D eigenvalue weighted by atomic mass is 9.33. The maximum Gasteiger partial charge on any atom is 0.252 e. The molecule has 0 spiro atoms. The first-order valence-corrected chi connectivity index (χ1v) is 34.8. The fraction of sp³-hybridized carbons (Fsp3) is 0.0426. The predicted molar refractivity (Wildman–Crippen MR) is 421 cm³/mol. The van der Waals surface area contributed by atoms with E-state index in [1.807, 2.05) is 0 Å². The van der Waals surface area contributed by atoms with E-state index in [1.165, 1.54) is 43.5 Å². The Kier molecular flexibility index (Phi) is 12.1. The zero-order valence-corrected chi connectivity index (χ0v) is 55.5. The lowest BCUT2D eigenvalue weighted by molar-refractivity contribution is 0.590. The van der Waals surface area contributed by atoms with Gasteiger partial charge in [0.05, 0.1) is 33.4 Å². The van der Waals surface area contributed by atoms with E-state index in [1.54, 1.807) is 0 Å². The fourth-order valence-electron chi connectivity index (χ4n) is 17.2. The molecule has 0 atom stereocenters. The minimum absolute atomic E-state index is 0.235. The number of rotatable bonds is 4. The summed E-state index contributed by atoms with van der Waals surface area (Å²) in [7, 11) is 0. The second-order valence-electron chi connectivity index (χ2n) is 28.3. The molecule has 468 valence electrons. The highest BCUT2D eigenvalue weighted by Crippen LogP contribution is 2.55. The largest absolute Gasteiger partial charge is 0.456 e. The van der Waals surface area contributed by atoms with Crippen LogP contribution in [0.2, 0.25) is 0 Å². The van der Waals surface area contributed by atoms with Crippen LogP contribution >= 0.6 is 0 Å². The Morgan fingerprint density at radius 2 is 0.620 bits per heavy atom. The smallest absolute Gasteiger partial charge is 0.252 e. The maximum absolute atomic E-state index is 6.72. The van der Waals surface area contributed by atoms with Gasteiger partial charge < -0.3 is 23.4 Å². The van der Waals surface area contributed by atoms with E-state index >= 15 is 0 Å². The minimum Gasteiger partial charge on any atom is -0.456 e. The van der Waals surface area contributed by atoms with E-state index in [9.17, 15) is 0 Å². The van der Waals surface area contributed by atoms with Crippen LogP contribution in [0.5, 0.6) is 0 Å². The Bertz CT molecular complexity index is 6000. The molecule has 100 heavy (non-hydrogen) atoms. The highest BCUT2D eigenvalue weighted by Gasteiger charge is 2.46. The van der Waals surface area contributed by atoms with Crippen molar-refractivity contribution in [3.8, 4) is 78.1 Å². The number of anilines is 6. The average molecular weight is 1280 g/mol. The van der Waals surface area contributed by atoms with E-state index < -0.39 is 0 Å². The zero-order chi connectivity index (χ0) is 66.1. The van der Waals surface area contributed by atoms with Crippen LogP contribution in [0.25, 0.3) is 144 Å². The molecule has 0 saturated carbocycles. The molecule has 0 amide bonds. The molecule has 0 saturated heterocycles. The van der Waals surface area contributed by atoms with Crippen molar-refractivity contribution in [2.24, 2.45) is 0 Å². The predicted octanol–water partition coefficient (Wildman–Crippen LogP) is 23.5. The first kappa shape index (κ1) is 56.5. The monoisotopic (exact) mass is 1270 g/mol. The molecule has 0 unspecified atom stereocenters. The van der Waals surface area contributed by atoms with E-state index in [4.69, 9.17) is 4.42 Å². The highest BCUT2D eigenvalue weighted by molar-refractivity contribution is 7.00. The summed E-state index contributed by atoms with van der Waals surface area (Å²) in [6.07, 6.45) is 0. The normalized spacial score (nSPS) is 12.9. The van der Waals surface area contributed by atoms with Crippen molar-refractivity contribution in [1.82, 2.24) is 9.13 Å². The van der Waals surface area contributed by atoms with Gasteiger partial charge in [0.15, 0.2) is 0 Å². The van der Waals surface area contributed by atoms with E-state index in [0.29, 0.717) is 0 Å². The quantitative estimate of drug-likeness (QED) is 0.165. The molecule has 3 aliphatic rings. The third-order valence-corrected chi connectivity index (χ3v) is 21.8. The summed E-state index contributed by atoms with van der Waals surface area (Å²) in [4.78, 5) is 5.41. The van der Waals surface area contributed by atoms with Gasteiger partial charge in [0.1, 0.15) is 11.2 Å². The highest BCUT2D eigenvalue weighted by atomic mass is 16.3. The zero-order valence-electron chi connectivity index (χ0n) is 55.5. The Labute approximate surface area is 580 Å². The number of para-hydroxylation sites is 6. The first-order chi connectivity index (χ1) is 49.2. The second-order valence-corrected chi connectivity index (χ2v) is 28.3. The topological polar surface area (TPSA) is 29.5 Å². The SMILES string of the molecule is CC(C)(C)c1cc2c3c(c1)N1c4cc(-n5c6ccccc6c6ccccc65)ccc4B3c3ccc(-n4c5ccccc5c5ccccc54)cc3N2c2c(-c3ccccc3)cccc2-c2cccc(c2)-c2ccc3oc4ccc(cc4c3c2)-c2cccc(c2)-c2cccc(-c3ccccc3)c21. The van der Waals surface area contributed by atoms with Gasteiger partial charge in [0.2, 0.25) is 0 Å². The van der Waals surface area contributed by atoms with Gasteiger partial charge in [-0.15, -0.1) is 0 Å². The molecule has 18 aromatic rings. The Morgan fingerprint density at radius 1 is 0.270 bits per heavy atom. The Balaban J connectivity index is 0.957. The maximum atomic E-state index is 6.72. The van der Waals surface area contributed by atoms with Crippen molar-refractivity contribution < 1.29 is 4.42 Å². The van der Waals surface area contributed by atoms with Crippen LogP contribution in [0.15, 0.2) is 332 Å². The van der Waals surface area contributed by atoms with Crippen LogP contribution in [0.3, 0.4) is 0 Å². The van der Waals surface area contributed by atoms with Gasteiger partial charge in [0, 0.05) is 88.7 Å². The first-order valence-electron chi connectivity index (χ1n) is 34.8. The molecule has 0 aliphatic carbocycles. The van der Waals surface area contributed by atoms with Crippen LogP contribution < -0.4 is 26.2 Å². The van der Waals surface area contributed by atoms with Crippen LogP contribution in [-0.2, 0) is 5.41 Å². The van der Waals surface area contributed by atoms with Gasteiger partial charge in [-0.1, -0.05) is 251 Å². The van der Waals surface area contributed by atoms with Crippen molar-refractivity contribution in [3.63, 3.8) is 0 Å². The molecule has 0 fully saturated rings. The molecule has 0 N–H and O–H groups in total. The van der Waals surface area contributed by atoms with Crippen molar-refractivity contribution in [2.75, 3.05) is 9.80 Å². The molecular formula is C94H63BN4O. The van der Waals surface area contributed by atoms with Gasteiger partial charge in [0.25, 0.3) is 6.71 Å². The third-order valence-electron chi connectivity index (χ3n) is 21.8. The van der Waals surface area contributed by atoms with Gasteiger partial charge in [-0.05, 0) is 169 Å². The molecule has 21 rings (SSSR count). The van der Waals surface area contributed by atoms with Crippen molar-refractivity contribution in [2.45, 2.75) is 26.2 Å². The number of nitrogens with zero attached hydrogens (tertiary/aromatic N) is 4. The molecule has 3 aliphatic heterocycles. The number of hydrogen-bond donors (Lipinski definition) is 0. The Hall–Kier alpha value is -12.6. The van der Waals surface area contributed by atoms with Crippen LogP contribution in [0.1, 0.15) is 26.3 Å². The lowest BCUT2D eigenvalue weighted by Crippen LogP contribution is -2.61. The van der Waals surface area contributed by atoms with Crippen LogP contribution in [0.4, 0.5) is 34.1 Å². The summed E-state index contributed by atoms with van der Waals surface area (Å²) in [6, 6.07) is 124. The van der Waals surface area contributed by atoms with Crippen molar-refractivity contribution in [3.05, 3.63) is 333 Å². The van der Waals surface area contributed by atoms with Gasteiger partial charge in [-0.25, -0.2) is 0 Å². The van der Waals surface area contributed by atoms with Crippen molar-refractivity contribution in [1.29, 1.82) is 0 Å². The lowest BCUT2D eigenvalue weighted by Gasteiger charge is -2.46. The molecule has 6 heterocycles.